The number of hydrogen-bond donors (Lipinski definition) is 0. The van der Waals surface area contributed by atoms with E-state index in [-0.39, 0.29) is 6.10 Å². The third kappa shape index (κ3) is 3.77. The molecule has 0 aromatic carbocycles. The van der Waals surface area contributed by atoms with Crippen LogP contribution in [-0.2, 0) is 11.3 Å². The van der Waals surface area contributed by atoms with Crippen LogP contribution in [0.4, 0.5) is 0 Å². The second-order valence-corrected chi connectivity index (χ2v) is 7.82. The topological polar surface area (TPSA) is 47.5 Å². The van der Waals surface area contributed by atoms with Gasteiger partial charge in [-0.1, -0.05) is 0 Å². The SMILES string of the molecule is c1cncc(OC[C@@H]2CC3(CCN(Cc4nccs4)CC3)CO2)c1. The molecule has 5 nitrogen and oxygen atoms in total. The molecule has 128 valence electrons. The maximum Gasteiger partial charge on any atom is 0.137 e. The Morgan fingerprint density at radius 1 is 1.33 bits per heavy atom. The molecule has 1 spiro atoms. The van der Waals surface area contributed by atoms with Crippen molar-refractivity contribution in [2.24, 2.45) is 5.41 Å². The molecule has 0 amide bonds. The van der Waals surface area contributed by atoms with Crippen LogP contribution in [0.5, 0.6) is 5.75 Å². The molecular weight excluding hydrogens is 322 g/mol. The van der Waals surface area contributed by atoms with E-state index in [0.29, 0.717) is 12.0 Å². The predicted molar refractivity (Wildman–Crippen MR) is 93.1 cm³/mol. The molecule has 0 aliphatic carbocycles. The predicted octanol–water partition coefficient (Wildman–Crippen LogP) is 2.99. The Hall–Kier alpha value is -1.50. The minimum Gasteiger partial charge on any atom is -0.489 e. The van der Waals surface area contributed by atoms with Gasteiger partial charge in [0.15, 0.2) is 0 Å². The Labute approximate surface area is 146 Å². The van der Waals surface area contributed by atoms with Gasteiger partial charge in [-0.05, 0) is 49.9 Å². The van der Waals surface area contributed by atoms with Gasteiger partial charge in [0, 0.05) is 17.8 Å². The van der Waals surface area contributed by atoms with Crippen molar-refractivity contribution in [3.63, 3.8) is 0 Å². The Kier molecular flexibility index (Phi) is 4.78. The van der Waals surface area contributed by atoms with Crippen molar-refractivity contribution in [3.05, 3.63) is 41.1 Å². The molecule has 4 rings (SSSR count). The number of hydrogen-bond acceptors (Lipinski definition) is 6. The van der Waals surface area contributed by atoms with Crippen LogP contribution >= 0.6 is 11.3 Å². The van der Waals surface area contributed by atoms with E-state index in [1.165, 1.54) is 17.8 Å². The number of piperidine rings is 1. The van der Waals surface area contributed by atoms with Gasteiger partial charge in [-0.15, -0.1) is 11.3 Å². The van der Waals surface area contributed by atoms with Gasteiger partial charge < -0.3 is 9.47 Å². The van der Waals surface area contributed by atoms with E-state index >= 15 is 0 Å². The average molecular weight is 345 g/mol. The molecule has 2 aliphatic heterocycles. The lowest BCUT2D eigenvalue weighted by Crippen LogP contribution is -2.40. The number of likely N-dealkylation sites (tertiary alicyclic amines) is 1. The number of thiazole rings is 1. The highest BCUT2D eigenvalue weighted by Gasteiger charge is 2.42. The standard InChI is InChI=1S/C18H23N3O2S/c1-2-15(11-19-5-1)22-13-16-10-18(14-23-16)3-7-21(8-4-18)12-17-20-6-9-24-17/h1-2,5-6,9,11,16H,3-4,7-8,10,12-14H2/t16-/m0/s1. The lowest BCUT2D eigenvalue weighted by atomic mass is 9.77. The van der Waals surface area contributed by atoms with Crippen molar-refractivity contribution in [1.82, 2.24) is 14.9 Å². The quantitative estimate of drug-likeness (QED) is 0.834. The van der Waals surface area contributed by atoms with Crippen LogP contribution in [0.3, 0.4) is 0 Å². The van der Waals surface area contributed by atoms with Gasteiger partial charge in [0.1, 0.15) is 17.4 Å². The van der Waals surface area contributed by atoms with Crippen LogP contribution in [0, 0.1) is 5.41 Å². The van der Waals surface area contributed by atoms with Crippen LogP contribution in [0.1, 0.15) is 24.3 Å². The van der Waals surface area contributed by atoms with Crippen LogP contribution in [-0.4, -0.2) is 47.3 Å². The Balaban J connectivity index is 1.24. The first kappa shape index (κ1) is 16.0. The van der Waals surface area contributed by atoms with Crippen molar-refractivity contribution in [1.29, 1.82) is 0 Å². The summed E-state index contributed by atoms with van der Waals surface area (Å²) < 4.78 is 11.8. The highest BCUT2D eigenvalue weighted by atomic mass is 32.1. The van der Waals surface area contributed by atoms with Crippen molar-refractivity contribution < 1.29 is 9.47 Å². The first-order chi connectivity index (χ1) is 11.8. The summed E-state index contributed by atoms with van der Waals surface area (Å²) in [7, 11) is 0. The van der Waals surface area contributed by atoms with Gasteiger partial charge in [0.25, 0.3) is 0 Å². The lowest BCUT2D eigenvalue weighted by Gasteiger charge is -2.38. The first-order valence-corrected chi connectivity index (χ1v) is 9.45. The minimum absolute atomic E-state index is 0.204. The number of ether oxygens (including phenoxy) is 2. The first-order valence-electron chi connectivity index (χ1n) is 8.57. The third-order valence-corrected chi connectivity index (χ3v) is 5.88. The fourth-order valence-corrected chi connectivity index (χ4v) is 4.34. The second kappa shape index (κ2) is 7.17. The van der Waals surface area contributed by atoms with Gasteiger partial charge in [-0.25, -0.2) is 4.98 Å². The molecule has 4 heterocycles. The molecule has 0 saturated carbocycles. The van der Waals surface area contributed by atoms with Gasteiger partial charge in [0.2, 0.25) is 0 Å². The fraction of sp³-hybridized carbons (Fsp3) is 0.556. The Morgan fingerprint density at radius 3 is 3.00 bits per heavy atom. The molecule has 2 aliphatic rings. The van der Waals surface area contributed by atoms with Crippen molar-refractivity contribution in [2.75, 3.05) is 26.3 Å². The van der Waals surface area contributed by atoms with Crippen molar-refractivity contribution >= 4 is 11.3 Å². The summed E-state index contributed by atoms with van der Waals surface area (Å²) in [6.45, 7) is 4.76. The van der Waals surface area contributed by atoms with Gasteiger partial charge in [-0.3, -0.25) is 9.88 Å². The molecule has 2 fully saturated rings. The van der Waals surface area contributed by atoms with Crippen LogP contribution in [0.25, 0.3) is 0 Å². The van der Waals surface area contributed by atoms with E-state index in [0.717, 1.165) is 38.4 Å². The van der Waals surface area contributed by atoms with Crippen LogP contribution < -0.4 is 4.74 Å². The molecule has 0 radical (unpaired) electrons. The van der Waals surface area contributed by atoms with E-state index in [1.54, 1.807) is 23.7 Å². The summed E-state index contributed by atoms with van der Waals surface area (Å²) >= 11 is 1.75. The molecular formula is C18H23N3O2S. The van der Waals surface area contributed by atoms with Crippen molar-refractivity contribution in [3.8, 4) is 5.75 Å². The summed E-state index contributed by atoms with van der Waals surface area (Å²) in [4.78, 5) is 11.0. The zero-order chi connectivity index (χ0) is 16.2. The Morgan fingerprint density at radius 2 is 2.25 bits per heavy atom. The largest absolute Gasteiger partial charge is 0.489 e. The van der Waals surface area contributed by atoms with E-state index in [9.17, 15) is 0 Å². The second-order valence-electron chi connectivity index (χ2n) is 6.84. The highest BCUT2D eigenvalue weighted by molar-refractivity contribution is 7.09. The molecule has 1 atom stereocenters. The maximum absolute atomic E-state index is 6.03. The van der Waals surface area contributed by atoms with Crippen LogP contribution in [0.15, 0.2) is 36.1 Å². The molecule has 2 saturated heterocycles. The molecule has 24 heavy (non-hydrogen) atoms. The zero-order valence-corrected chi connectivity index (χ0v) is 14.6. The summed E-state index contributed by atoms with van der Waals surface area (Å²) in [5.74, 6) is 0.820. The highest BCUT2D eigenvalue weighted by Crippen LogP contribution is 2.42. The summed E-state index contributed by atoms with van der Waals surface area (Å²) in [5.41, 5.74) is 0.350. The zero-order valence-electron chi connectivity index (χ0n) is 13.8. The number of rotatable bonds is 5. The number of aromatic nitrogens is 2. The van der Waals surface area contributed by atoms with E-state index < -0.39 is 0 Å². The molecule has 2 aromatic heterocycles. The van der Waals surface area contributed by atoms with Gasteiger partial charge in [-0.2, -0.15) is 0 Å². The molecule has 0 unspecified atom stereocenters. The molecule has 0 bridgehead atoms. The molecule has 2 aromatic rings. The fourth-order valence-electron chi connectivity index (χ4n) is 3.68. The van der Waals surface area contributed by atoms with Crippen LogP contribution in [0.2, 0.25) is 0 Å². The van der Waals surface area contributed by atoms with Gasteiger partial charge >= 0.3 is 0 Å². The van der Waals surface area contributed by atoms with Gasteiger partial charge in [0.05, 0.1) is 25.5 Å². The summed E-state index contributed by atoms with van der Waals surface area (Å²) in [6, 6.07) is 3.83. The Bertz CT molecular complexity index is 627. The number of nitrogens with zero attached hydrogens (tertiary/aromatic N) is 3. The molecule has 6 heteroatoms. The van der Waals surface area contributed by atoms with E-state index in [1.807, 2.05) is 18.3 Å². The third-order valence-electron chi connectivity index (χ3n) is 5.12. The molecule has 0 N–H and O–H groups in total. The van der Waals surface area contributed by atoms with E-state index in [2.05, 4.69) is 20.2 Å². The van der Waals surface area contributed by atoms with Crippen molar-refractivity contribution in [2.45, 2.75) is 31.9 Å². The summed E-state index contributed by atoms with van der Waals surface area (Å²) in [5, 5.41) is 3.27. The monoisotopic (exact) mass is 345 g/mol. The maximum atomic E-state index is 6.03. The normalized spacial score (nSPS) is 23.6. The minimum atomic E-state index is 0.204. The van der Waals surface area contributed by atoms with E-state index in [4.69, 9.17) is 9.47 Å². The smallest absolute Gasteiger partial charge is 0.137 e. The lowest BCUT2D eigenvalue weighted by molar-refractivity contribution is 0.0470. The number of pyridine rings is 1. The average Bonchev–Trinajstić information content (AvgIpc) is 3.27. The summed E-state index contributed by atoms with van der Waals surface area (Å²) in [6.07, 6.45) is 9.14.